The molecule has 0 spiro atoms. The predicted molar refractivity (Wildman–Crippen MR) is 139 cm³/mol. The number of hydrogen-bond acceptors (Lipinski definition) is 6. The molecule has 36 heavy (non-hydrogen) atoms. The summed E-state index contributed by atoms with van der Waals surface area (Å²) < 4.78 is 21.8. The molecule has 1 aliphatic heterocycles. The molecule has 190 valence electrons. The molecule has 3 aromatic rings. The van der Waals surface area contributed by atoms with Gasteiger partial charge in [0.25, 0.3) is 5.91 Å². The Hall–Kier alpha value is -3.71. The van der Waals surface area contributed by atoms with E-state index in [0.29, 0.717) is 22.8 Å². The minimum Gasteiger partial charge on any atom is -0.497 e. The average molecular weight is 491 g/mol. The summed E-state index contributed by atoms with van der Waals surface area (Å²) in [6.07, 6.45) is 0.874. The Morgan fingerprint density at radius 2 is 1.61 bits per heavy atom. The molecule has 0 saturated heterocycles. The molecule has 0 bridgehead atoms. The van der Waals surface area contributed by atoms with Gasteiger partial charge in [0.2, 0.25) is 0 Å². The Bertz CT molecular complexity index is 1190. The molecule has 0 saturated carbocycles. The molecule has 1 N–H and O–H groups in total. The van der Waals surface area contributed by atoms with Crippen molar-refractivity contribution in [3.8, 4) is 23.0 Å². The van der Waals surface area contributed by atoms with Gasteiger partial charge in [0.05, 0.1) is 34.5 Å². The van der Waals surface area contributed by atoms with Crippen molar-refractivity contribution in [3.63, 3.8) is 0 Å². The first-order valence-corrected chi connectivity index (χ1v) is 12.0. The van der Waals surface area contributed by atoms with Gasteiger partial charge in [-0.15, -0.1) is 0 Å². The van der Waals surface area contributed by atoms with Gasteiger partial charge >= 0.3 is 0 Å². The predicted octanol–water partition coefficient (Wildman–Crippen LogP) is 4.64. The minimum absolute atomic E-state index is 0.0646. The van der Waals surface area contributed by atoms with E-state index in [4.69, 9.17) is 18.9 Å². The lowest BCUT2D eigenvalue weighted by Crippen LogP contribution is -2.47. The second kappa shape index (κ2) is 11.4. The number of nitrogens with one attached hydrogen (secondary N) is 1. The molecular formula is C29H34N2O5. The lowest BCUT2D eigenvalue weighted by atomic mass is 9.87. The molecule has 7 nitrogen and oxygen atoms in total. The Morgan fingerprint density at radius 3 is 2.28 bits per heavy atom. The van der Waals surface area contributed by atoms with E-state index in [-0.39, 0.29) is 18.0 Å². The molecule has 0 aromatic heterocycles. The zero-order chi connectivity index (χ0) is 25.7. The number of methoxy groups -OCH3 is 4. The third-order valence-corrected chi connectivity index (χ3v) is 6.73. The largest absolute Gasteiger partial charge is 0.497 e. The van der Waals surface area contributed by atoms with Gasteiger partial charge < -0.3 is 24.3 Å². The van der Waals surface area contributed by atoms with Crippen LogP contribution in [-0.2, 0) is 13.0 Å². The SMILES string of the molecule is COc1ccc(CN2CCc3cc(OC)c(OC)cc3[C@H]2[C@H](C)NC(=O)c2cccc(OC)c2)cc1. The first-order chi connectivity index (χ1) is 17.5. The summed E-state index contributed by atoms with van der Waals surface area (Å²) in [7, 11) is 6.56. The lowest BCUT2D eigenvalue weighted by molar-refractivity contribution is 0.0877. The number of carbonyl (C=O) groups is 1. The zero-order valence-corrected chi connectivity index (χ0v) is 21.5. The van der Waals surface area contributed by atoms with Crippen molar-refractivity contribution in [2.24, 2.45) is 0 Å². The summed E-state index contributed by atoms with van der Waals surface area (Å²) in [5.41, 5.74) is 4.07. The molecule has 1 amide bonds. The molecule has 0 unspecified atom stereocenters. The summed E-state index contributed by atoms with van der Waals surface area (Å²) in [5.74, 6) is 2.73. The van der Waals surface area contributed by atoms with E-state index in [9.17, 15) is 4.79 Å². The molecule has 4 rings (SSSR count). The van der Waals surface area contributed by atoms with E-state index in [1.807, 2.05) is 30.3 Å². The van der Waals surface area contributed by atoms with E-state index in [0.717, 1.165) is 30.8 Å². The van der Waals surface area contributed by atoms with Gasteiger partial charge in [-0.25, -0.2) is 0 Å². The van der Waals surface area contributed by atoms with Crippen molar-refractivity contribution in [3.05, 3.63) is 82.9 Å². The van der Waals surface area contributed by atoms with Crippen molar-refractivity contribution < 1.29 is 23.7 Å². The second-order valence-corrected chi connectivity index (χ2v) is 8.91. The van der Waals surface area contributed by atoms with Crippen LogP contribution in [0.5, 0.6) is 23.0 Å². The summed E-state index contributed by atoms with van der Waals surface area (Å²) in [6.45, 7) is 3.63. The van der Waals surface area contributed by atoms with Gasteiger partial charge in [0, 0.05) is 24.7 Å². The van der Waals surface area contributed by atoms with Crippen LogP contribution in [-0.4, -0.2) is 51.8 Å². The Kier molecular flexibility index (Phi) is 8.00. The van der Waals surface area contributed by atoms with Gasteiger partial charge in [0.15, 0.2) is 11.5 Å². The van der Waals surface area contributed by atoms with Gasteiger partial charge in [0.1, 0.15) is 11.5 Å². The van der Waals surface area contributed by atoms with Crippen LogP contribution >= 0.6 is 0 Å². The number of ether oxygens (including phenoxy) is 4. The van der Waals surface area contributed by atoms with Crippen molar-refractivity contribution in [2.45, 2.75) is 32.0 Å². The highest BCUT2D eigenvalue weighted by atomic mass is 16.5. The van der Waals surface area contributed by atoms with Gasteiger partial charge in [-0.3, -0.25) is 9.69 Å². The van der Waals surface area contributed by atoms with Crippen LogP contribution in [0.2, 0.25) is 0 Å². The van der Waals surface area contributed by atoms with E-state index >= 15 is 0 Å². The van der Waals surface area contributed by atoms with Crippen molar-refractivity contribution in [1.82, 2.24) is 10.2 Å². The highest BCUT2D eigenvalue weighted by molar-refractivity contribution is 5.94. The number of nitrogens with zero attached hydrogens (tertiary/aromatic N) is 1. The van der Waals surface area contributed by atoms with E-state index in [2.05, 4.69) is 35.3 Å². The fourth-order valence-corrected chi connectivity index (χ4v) is 4.89. The monoisotopic (exact) mass is 490 g/mol. The molecule has 1 aliphatic rings. The maximum absolute atomic E-state index is 13.2. The van der Waals surface area contributed by atoms with Gasteiger partial charge in [-0.05, 0) is 72.5 Å². The van der Waals surface area contributed by atoms with Crippen molar-refractivity contribution in [1.29, 1.82) is 0 Å². The van der Waals surface area contributed by atoms with Crippen LogP contribution in [0.15, 0.2) is 60.7 Å². The molecule has 2 atom stereocenters. The van der Waals surface area contributed by atoms with Crippen LogP contribution in [0.3, 0.4) is 0 Å². The quantitative estimate of drug-likeness (QED) is 0.471. The Balaban J connectivity index is 1.66. The maximum atomic E-state index is 13.2. The topological polar surface area (TPSA) is 69.3 Å². The number of hydrogen-bond donors (Lipinski definition) is 1. The lowest BCUT2D eigenvalue weighted by Gasteiger charge is -2.41. The number of amides is 1. The molecular weight excluding hydrogens is 456 g/mol. The second-order valence-electron chi connectivity index (χ2n) is 8.91. The average Bonchev–Trinajstić information content (AvgIpc) is 2.92. The fraction of sp³-hybridized carbons (Fsp3) is 0.345. The fourth-order valence-electron chi connectivity index (χ4n) is 4.89. The van der Waals surface area contributed by atoms with Crippen molar-refractivity contribution >= 4 is 5.91 Å². The highest BCUT2D eigenvalue weighted by Crippen LogP contribution is 2.40. The summed E-state index contributed by atoms with van der Waals surface area (Å²) in [6, 6.07) is 19.2. The molecule has 1 heterocycles. The first kappa shape index (κ1) is 25.4. The van der Waals surface area contributed by atoms with E-state index in [1.165, 1.54) is 11.1 Å². The zero-order valence-electron chi connectivity index (χ0n) is 21.5. The van der Waals surface area contributed by atoms with Gasteiger partial charge in [-0.2, -0.15) is 0 Å². The first-order valence-electron chi connectivity index (χ1n) is 12.0. The maximum Gasteiger partial charge on any atom is 0.251 e. The number of benzene rings is 3. The number of fused-ring (bicyclic) bond motifs is 1. The van der Waals surface area contributed by atoms with Crippen molar-refractivity contribution in [2.75, 3.05) is 35.0 Å². The van der Waals surface area contributed by atoms with Crippen LogP contribution in [0.1, 0.15) is 40.0 Å². The normalized spacial score (nSPS) is 16.0. The molecule has 7 heteroatoms. The molecule has 0 fully saturated rings. The van der Waals surface area contributed by atoms with Crippen LogP contribution in [0, 0.1) is 0 Å². The highest BCUT2D eigenvalue weighted by Gasteiger charge is 2.34. The number of carbonyl (C=O) groups excluding carboxylic acids is 1. The summed E-state index contributed by atoms with van der Waals surface area (Å²) in [4.78, 5) is 15.6. The third kappa shape index (κ3) is 5.41. The minimum atomic E-state index is -0.181. The van der Waals surface area contributed by atoms with E-state index < -0.39 is 0 Å². The Labute approximate surface area is 212 Å². The van der Waals surface area contributed by atoms with Crippen LogP contribution < -0.4 is 24.3 Å². The molecule has 0 aliphatic carbocycles. The standard InChI is InChI=1S/C29H34N2O5/c1-19(30-29(32)22-7-6-8-24(15-22)34-3)28-25-17-27(36-5)26(35-4)16-21(25)13-14-31(28)18-20-9-11-23(33-2)12-10-20/h6-12,15-17,19,28H,13-14,18H2,1-5H3,(H,30,32)/t19-,28+/m0/s1. The Morgan fingerprint density at radius 1 is 0.917 bits per heavy atom. The smallest absolute Gasteiger partial charge is 0.251 e. The number of rotatable bonds is 9. The van der Waals surface area contributed by atoms with Gasteiger partial charge in [-0.1, -0.05) is 18.2 Å². The van der Waals surface area contributed by atoms with E-state index in [1.54, 1.807) is 40.6 Å². The van der Waals surface area contributed by atoms with Crippen LogP contribution in [0.4, 0.5) is 0 Å². The van der Waals surface area contributed by atoms with Crippen LogP contribution in [0.25, 0.3) is 0 Å². The summed E-state index contributed by atoms with van der Waals surface area (Å²) in [5, 5.41) is 3.23. The molecule has 0 radical (unpaired) electrons. The molecule has 3 aromatic carbocycles. The third-order valence-electron chi connectivity index (χ3n) is 6.73. The summed E-state index contributed by atoms with van der Waals surface area (Å²) >= 11 is 0.